The largest absolute Gasteiger partial charge is 0.451 e. The van der Waals surface area contributed by atoms with Crippen LogP contribution in [0.1, 0.15) is 30.3 Å². The summed E-state index contributed by atoms with van der Waals surface area (Å²) < 4.78 is 5.58. The number of carbonyl (C=O) groups is 1. The van der Waals surface area contributed by atoms with E-state index in [1.807, 2.05) is 24.3 Å². The van der Waals surface area contributed by atoms with Gasteiger partial charge in [0.15, 0.2) is 5.76 Å². The number of carbonyl (C=O) groups excluding carboxylic acids is 1. The summed E-state index contributed by atoms with van der Waals surface area (Å²) >= 11 is 0. The quantitative estimate of drug-likeness (QED) is 0.919. The van der Waals surface area contributed by atoms with Crippen LogP contribution in [0.5, 0.6) is 0 Å². The maximum atomic E-state index is 12.3. The molecule has 2 aromatic rings. The fraction of sp³-hybridized carbons (Fsp3) is 0.400. The Morgan fingerprint density at radius 2 is 2.16 bits per heavy atom. The van der Waals surface area contributed by atoms with Crippen molar-refractivity contribution < 1.29 is 9.21 Å². The summed E-state index contributed by atoms with van der Waals surface area (Å²) in [6.45, 7) is 3.35. The van der Waals surface area contributed by atoms with Gasteiger partial charge in [-0.05, 0) is 18.6 Å². The Labute approximate surface area is 112 Å². The zero-order valence-corrected chi connectivity index (χ0v) is 11.1. The van der Waals surface area contributed by atoms with Crippen LogP contribution in [0.3, 0.4) is 0 Å². The summed E-state index contributed by atoms with van der Waals surface area (Å²) in [6, 6.07) is 9.44. The van der Waals surface area contributed by atoms with Crippen LogP contribution in [-0.4, -0.2) is 29.4 Å². The molecule has 2 N–H and O–H groups in total. The van der Waals surface area contributed by atoms with E-state index >= 15 is 0 Å². The number of rotatable bonds is 3. The monoisotopic (exact) mass is 258 g/mol. The first-order valence-electron chi connectivity index (χ1n) is 6.68. The van der Waals surface area contributed by atoms with Gasteiger partial charge in [-0.25, -0.2) is 0 Å². The van der Waals surface area contributed by atoms with Gasteiger partial charge in [0.05, 0.1) is 5.54 Å². The summed E-state index contributed by atoms with van der Waals surface area (Å²) in [4.78, 5) is 14.0. The Kier molecular flexibility index (Phi) is 2.82. The Bertz CT molecular complexity index is 578. The molecule has 100 valence electrons. The van der Waals surface area contributed by atoms with Crippen LogP contribution in [-0.2, 0) is 0 Å². The standard InChI is InChI=1S/C15H18N2O2/c1-2-7-15(16)9-17(10-15)14(18)13-8-11-5-3-4-6-12(11)19-13/h3-6,8H,2,7,9-10,16H2,1H3. The third kappa shape index (κ3) is 2.12. The minimum atomic E-state index is -0.198. The van der Waals surface area contributed by atoms with Crippen molar-refractivity contribution in [1.29, 1.82) is 0 Å². The Hall–Kier alpha value is -1.81. The number of benzene rings is 1. The Morgan fingerprint density at radius 3 is 2.84 bits per heavy atom. The molecule has 19 heavy (non-hydrogen) atoms. The van der Waals surface area contributed by atoms with Crippen molar-refractivity contribution in [3.8, 4) is 0 Å². The van der Waals surface area contributed by atoms with Crippen LogP contribution in [0, 0.1) is 0 Å². The molecule has 1 amide bonds. The summed E-state index contributed by atoms with van der Waals surface area (Å²) in [5, 5.41) is 0.957. The Balaban J connectivity index is 1.75. The highest BCUT2D eigenvalue weighted by Gasteiger charge is 2.42. The molecule has 1 aromatic carbocycles. The summed E-state index contributed by atoms with van der Waals surface area (Å²) in [6.07, 6.45) is 2.00. The van der Waals surface area contributed by atoms with Crippen molar-refractivity contribution in [3.05, 3.63) is 36.1 Å². The van der Waals surface area contributed by atoms with Gasteiger partial charge in [0.25, 0.3) is 5.91 Å². The number of hydrogen-bond donors (Lipinski definition) is 1. The van der Waals surface area contributed by atoms with E-state index in [2.05, 4.69) is 6.92 Å². The van der Waals surface area contributed by atoms with E-state index in [1.54, 1.807) is 11.0 Å². The number of hydrogen-bond acceptors (Lipinski definition) is 3. The predicted molar refractivity (Wildman–Crippen MR) is 73.9 cm³/mol. The third-order valence-electron chi connectivity index (χ3n) is 3.68. The summed E-state index contributed by atoms with van der Waals surface area (Å²) in [5.74, 6) is 0.341. The molecule has 0 unspecified atom stereocenters. The van der Waals surface area contributed by atoms with E-state index in [0.717, 1.165) is 23.8 Å². The SMILES string of the molecule is CCCC1(N)CN(C(=O)c2cc3ccccc3o2)C1. The first-order chi connectivity index (χ1) is 9.11. The van der Waals surface area contributed by atoms with Crippen molar-refractivity contribution in [2.45, 2.75) is 25.3 Å². The van der Waals surface area contributed by atoms with E-state index in [-0.39, 0.29) is 11.4 Å². The number of para-hydroxylation sites is 1. The highest BCUT2D eigenvalue weighted by atomic mass is 16.3. The molecule has 0 spiro atoms. The van der Waals surface area contributed by atoms with Gasteiger partial charge in [-0.15, -0.1) is 0 Å². The van der Waals surface area contributed by atoms with Crippen LogP contribution >= 0.6 is 0 Å². The maximum Gasteiger partial charge on any atom is 0.289 e. The second-order valence-corrected chi connectivity index (χ2v) is 5.42. The van der Waals surface area contributed by atoms with Crippen LogP contribution in [0.25, 0.3) is 11.0 Å². The van der Waals surface area contributed by atoms with E-state index in [9.17, 15) is 4.79 Å². The normalized spacial score (nSPS) is 17.5. The van der Waals surface area contributed by atoms with E-state index in [0.29, 0.717) is 18.8 Å². The zero-order chi connectivity index (χ0) is 13.5. The van der Waals surface area contributed by atoms with Crippen LogP contribution < -0.4 is 5.73 Å². The molecule has 0 radical (unpaired) electrons. The van der Waals surface area contributed by atoms with E-state index in [4.69, 9.17) is 10.2 Å². The van der Waals surface area contributed by atoms with Crippen LogP contribution in [0.4, 0.5) is 0 Å². The van der Waals surface area contributed by atoms with Gasteiger partial charge in [-0.1, -0.05) is 31.5 Å². The summed E-state index contributed by atoms with van der Waals surface area (Å²) in [5.41, 5.74) is 6.72. The molecule has 1 saturated heterocycles. The number of nitrogens with two attached hydrogens (primary N) is 1. The van der Waals surface area contributed by atoms with E-state index < -0.39 is 0 Å². The van der Waals surface area contributed by atoms with E-state index in [1.165, 1.54) is 0 Å². The molecule has 4 nitrogen and oxygen atoms in total. The second kappa shape index (κ2) is 4.38. The lowest BCUT2D eigenvalue weighted by atomic mass is 9.86. The van der Waals surface area contributed by atoms with Gasteiger partial charge in [0.2, 0.25) is 0 Å². The molecule has 1 aliphatic heterocycles. The number of nitrogens with zero attached hydrogens (tertiary/aromatic N) is 1. The van der Waals surface area contributed by atoms with Gasteiger partial charge in [0, 0.05) is 18.5 Å². The van der Waals surface area contributed by atoms with Crippen molar-refractivity contribution in [2.24, 2.45) is 5.73 Å². The lowest BCUT2D eigenvalue weighted by Gasteiger charge is -2.47. The van der Waals surface area contributed by atoms with Crippen molar-refractivity contribution in [1.82, 2.24) is 4.90 Å². The molecule has 1 fully saturated rings. The maximum absolute atomic E-state index is 12.3. The van der Waals surface area contributed by atoms with Gasteiger partial charge in [-0.2, -0.15) is 0 Å². The van der Waals surface area contributed by atoms with Crippen molar-refractivity contribution in [3.63, 3.8) is 0 Å². The molecular formula is C15H18N2O2. The van der Waals surface area contributed by atoms with Crippen molar-refractivity contribution in [2.75, 3.05) is 13.1 Å². The highest BCUT2D eigenvalue weighted by Crippen LogP contribution is 2.27. The fourth-order valence-electron chi connectivity index (χ4n) is 2.76. The predicted octanol–water partition coefficient (Wildman–Crippen LogP) is 2.39. The average Bonchev–Trinajstić information content (AvgIpc) is 2.79. The van der Waals surface area contributed by atoms with Crippen LogP contribution in [0.15, 0.2) is 34.7 Å². The minimum Gasteiger partial charge on any atom is -0.451 e. The molecule has 0 aliphatic carbocycles. The number of amides is 1. The molecule has 0 atom stereocenters. The Morgan fingerprint density at radius 1 is 1.42 bits per heavy atom. The zero-order valence-electron chi connectivity index (χ0n) is 11.1. The first-order valence-corrected chi connectivity index (χ1v) is 6.68. The fourth-order valence-corrected chi connectivity index (χ4v) is 2.76. The smallest absolute Gasteiger partial charge is 0.289 e. The topological polar surface area (TPSA) is 59.5 Å². The molecule has 1 aliphatic rings. The van der Waals surface area contributed by atoms with Gasteiger partial charge in [-0.3, -0.25) is 4.79 Å². The molecule has 4 heteroatoms. The molecule has 1 aromatic heterocycles. The number of likely N-dealkylation sites (tertiary alicyclic amines) is 1. The third-order valence-corrected chi connectivity index (χ3v) is 3.68. The van der Waals surface area contributed by atoms with Gasteiger partial charge < -0.3 is 15.1 Å². The molecule has 0 bridgehead atoms. The molecule has 2 heterocycles. The van der Waals surface area contributed by atoms with Gasteiger partial charge >= 0.3 is 0 Å². The second-order valence-electron chi connectivity index (χ2n) is 5.42. The number of fused-ring (bicyclic) bond motifs is 1. The minimum absolute atomic E-state index is 0.0617. The number of furan rings is 1. The highest BCUT2D eigenvalue weighted by molar-refractivity contribution is 5.96. The first kappa shape index (κ1) is 12.2. The van der Waals surface area contributed by atoms with Crippen molar-refractivity contribution >= 4 is 16.9 Å². The lowest BCUT2D eigenvalue weighted by Crippen LogP contribution is -2.68. The lowest BCUT2D eigenvalue weighted by molar-refractivity contribution is 0.0359. The average molecular weight is 258 g/mol. The molecule has 0 saturated carbocycles. The molecular weight excluding hydrogens is 240 g/mol. The molecule has 3 rings (SSSR count). The summed E-state index contributed by atoms with van der Waals surface area (Å²) in [7, 11) is 0. The van der Waals surface area contributed by atoms with Crippen LogP contribution in [0.2, 0.25) is 0 Å². The van der Waals surface area contributed by atoms with Gasteiger partial charge in [0.1, 0.15) is 5.58 Å².